The fourth-order valence-electron chi connectivity index (χ4n) is 2.35. The Morgan fingerprint density at radius 1 is 1.15 bits per heavy atom. The van der Waals surface area contributed by atoms with E-state index in [4.69, 9.17) is 4.74 Å². The predicted octanol–water partition coefficient (Wildman–Crippen LogP) is 3.46. The third-order valence-electron chi connectivity index (χ3n) is 3.73. The summed E-state index contributed by atoms with van der Waals surface area (Å²) in [7, 11) is 1.60. The molecule has 0 radical (unpaired) electrons. The monoisotopic (exact) mass is 381 g/mol. The Kier molecular flexibility index (Phi) is 6.17. The first-order valence-electron chi connectivity index (χ1n) is 8.39. The summed E-state index contributed by atoms with van der Waals surface area (Å²) in [6, 6.07) is 15.1. The number of benzene rings is 2. The van der Waals surface area contributed by atoms with Crippen LogP contribution in [0.1, 0.15) is 12.0 Å². The van der Waals surface area contributed by atoms with Crippen LogP contribution in [0.5, 0.6) is 5.75 Å². The Labute approximate surface area is 160 Å². The highest BCUT2D eigenvalue weighted by molar-refractivity contribution is 7.22. The van der Waals surface area contributed by atoms with Crippen LogP contribution in [-0.4, -0.2) is 30.5 Å². The number of nitrogens with zero attached hydrogens (tertiary/aromatic N) is 1. The van der Waals surface area contributed by atoms with Crippen LogP contribution in [0.15, 0.2) is 54.6 Å². The second-order valence-corrected chi connectivity index (χ2v) is 6.71. The highest BCUT2D eigenvalue weighted by atomic mass is 32.1. The number of fused-ring (bicyclic) bond motifs is 1. The average molecular weight is 381 g/mol. The van der Waals surface area contributed by atoms with Crippen LogP contribution >= 0.6 is 11.3 Å². The molecular formula is C20H19N3O3S. The quantitative estimate of drug-likeness (QED) is 0.614. The van der Waals surface area contributed by atoms with Gasteiger partial charge in [-0.2, -0.15) is 0 Å². The predicted molar refractivity (Wildman–Crippen MR) is 108 cm³/mol. The maximum atomic E-state index is 12.0. The van der Waals surface area contributed by atoms with Crippen LogP contribution in [0.25, 0.3) is 16.3 Å². The molecule has 0 saturated heterocycles. The largest absolute Gasteiger partial charge is 0.497 e. The van der Waals surface area contributed by atoms with Crippen molar-refractivity contribution < 1.29 is 14.3 Å². The first-order valence-corrected chi connectivity index (χ1v) is 9.21. The van der Waals surface area contributed by atoms with E-state index in [9.17, 15) is 9.59 Å². The molecule has 0 bridgehead atoms. The number of thiazole rings is 1. The number of methoxy groups -OCH3 is 1. The third kappa shape index (κ3) is 5.39. The number of para-hydroxylation sites is 1. The van der Waals surface area contributed by atoms with E-state index in [2.05, 4.69) is 15.6 Å². The molecule has 138 valence electrons. The molecule has 6 nitrogen and oxygen atoms in total. The summed E-state index contributed by atoms with van der Waals surface area (Å²) < 4.78 is 6.10. The molecule has 2 aromatic carbocycles. The first-order chi connectivity index (χ1) is 13.1. The van der Waals surface area contributed by atoms with E-state index < -0.39 is 0 Å². The van der Waals surface area contributed by atoms with E-state index >= 15 is 0 Å². The van der Waals surface area contributed by atoms with Crippen LogP contribution < -0.4 is 15.4 Å². The van der Waals surface area contributed by atoms with Crippen molar-refractivity contribution in [1.82, 2.24) is 10.3 Å². The SMILES string of the molecule is COc1ccc(/C=C/C(=O)NCCC(=O)Nc2nc3ccccc3s2)cc1. The normalized spacial score (nSPS) is 10.9. The van der Waals surface area contributed by atoms with Gasteiger partial charge in [0, 0.05) is 19.0 Å². The number of anilines is 1. The molecule has 3 rings (SSSR count). The lowest BCUT2D eigenvalue weighted by Gasteiger charge is -2.03. The molecule has 0 aliphatic rings. The van der Waals surface area contributed by atoms with E-state index in [0.29, 0.717) is 5.13 Å². The molecule has 27 heavy (non-hydrogen) atoms. The Bertz CT molecular complexity index is 931. The molecule has 0 spiro atoms. The fourth-order valence-corrected chi connectivity index (χ4v) is 3.23. The van der Waals surface area contributed by atoms with Gasteiger partial charge >= 0.3 is 0 Å². The van der Waals surface area contributed by atoms with E-state index in [1.54, 1.807) is 13.2 Å². The molecule has 0 aliphatic heterocycles. The van der Waals surface area contributed by atoms with Crippen molar-refractivity contribution in [3.63, 3.8) is 0 Å². The summed E-state index contributed by atoms with van der Waals surface area (Å²) in [4.78, 5) is 28.2. The summed E-state index contributed by atoms with van der Waals surface area (Å²) in [5.41, 5.74) is 1.74. The highest BCUT2D eigenvalue weighted by Gasteiger charge is 2.07. The van der Waals surface area contributed by atoms with Gasteiger partial charge in [-0.1, -0.05) is 35.6 Å². The summed E-state index contributed by atoms with van der Waals surface area (Å²) in [6.45, 7) is 0.252. The number of hydrogen-bond acceptors (Lipinski definition) is 5. The van der Waals surface area contributed by atoms with Crippen LogP contribution in [0.3, 0.4) is 0 Å². The number of ether oxygens (including phenoxy) is 1. The Morgan fingerprint density at radius 2 is 1.93 bits per heavy atom. The van der Waals surface area contributed by atoms with Gasteiger partial charge in [0.25, 0.3) is 0 Å². The Balaban J connectivity index is 1.42. The number of rotatable bonds is 7. The molecule has 7 heteroatoms. The number of carbonyl (C=O) groups is 2. The minimum Gasteiger partial charge on any atom is -0.497 e. The van der Waals surface area contributed by atoms with Gasteiger partial charge in [0.05, 0.1) is 17.3 Å². The zero-order valence-electron chi connectivity index (χ0n) is 14.8. The highest BCUT2D eigenvalue weighted by Crippen LogP contribution is 2.25. The molecule has 0 unspecified atom stereocenters. The summed E-state index contributed by atoms with van der Waals surface area (Å²) >= 11 is 1.42. The second-order valence-electron chi connectivity index (χ2n) is 5.68. The molecule has 0 atom stereocenters. The van der Waals surface area contributed by atoms with Crippen molar-refractivity contribution in [1.29, 1.82) is 0 Å². The molecule has 0 fully saturated rings. The zero-order valence-corrected chi connectivity index (χ0v) is 15.6. The lowest BCUT2D eigenvalue weighted by molar-refractivity contribution is -0.117. The van der Waals surface area contributed by atoms with Crippen molar-refractivity contribution >= 4 is 44.6 Å². The van der Waals surface area contributed by atoms with Crippen molar-refractivity contribution in [3.05, 3.63) is 60.2 Å². The van der Waals surface area contributed by atoms with Crippen LogP contribution in [0, 0.1) is 0 Å². The summed E-state index contributed by atoms with van der Waals surface area (Å²) in [5, 5.41) is 6.01. The number of nitrogens with one attached hydrogen (secondary N) is 2. The number of aromatic nitrogens is 1. The first kappa shape index (κ1) is 18.6. The Morgan fingerprint density at radius 3 is 2.67 bits per heavy atom. The number of amides is 2. The van der Waals surface area contributed by atoms with Crippen LogP contribution in [-0.2, 0) is 9.59 Å². The number of hydrogen-bond donors (Lipinski definition) is 2. The summed E-state index contributed by atoms with van der Waals surface area (Å²) in [6.07, 6.45) is 3.32. The van der Waals surface area contributed by atoms with Gasteiger partial charge in [-0.3, -0.25) is 9.59 Å². The second kappa shape index (κ2) is 8.95. The van der Waals surface area contributed by atoms with Gasteiger partial charge in [0.15, 0.2) is 5.13 Å². The standard InChI is InChI=1S/C20H19N3O3S/c1-26-15-9-6-14(7-10-15)8-11-18(24)21-13-12-19(25)23-20-22-16-4-2-3-5-17(16)27-20/h2-11H,12-13H2,1H3,(H,21,24)(H,22,23,25)/b11-8+. The minimum atomic E-state index is -0.251. The van der Waals surface area contributed by atoms with E-state index in [0.717, 1.165) is 21.5 Å². The third-order valence-corrected chi connectivity index (χ3v) is 4.69. The van der Waals surface area contributed by atoms with Gasteiger partial charge in [0.1, 0.15) is 5.75 Å². The zero-order chi connectivity index (χ0) is 19.1. The molecule has 1 heterocycles. The smallest absolute Gasteiger partial charge is 0.244 e. The minimum absolute atomic E-state index is 0.179. The van der Waals surface area contributed by atoms with Gasteiger partial charge < -0.3 is 15.4 Å². The van der Waals surface area contributed by atoms with Gasteiger partial charge in [-0.05, 0) is 35.9 Å². The van der Waals surface area contributed by atoms with Gasteiger partial charge in [-0.25, -0.2) is 4.98 Å². The van der Waals surface area contributed by atoms with E-state index in [1.807, 2.05) is 48.5 Å². The molecule has 2 N–H and O–H groups in total. The molecule has 3 aromatic rings. The average Bonchev–Trinajstić information content (AvgIpc) is 3.09. The summed E-state index contributed by atoms with van der Waals surface area (Å²) in [5.74, 6) is 0.322. The topological polar surface area (TPSA) is 80.3 Å². The molecule has 0 saturated carbocycles. The van der Waals surface area contributed by atoms with Crippen molar-refractivity contribution in [2.75, 3.05) is 19.0 Å². The van der Waals surface area contributed by atoms with Crippen molar-refractivity contribution in [2.45, 2.75) is 6.42 Å². The van der Waals surface area contributed by atoms with Crippen LogP contribution in [0.4, 0.5) is 5.13 Å². The van der Waals surface area contributed by atoms with Gasteiger partial charge in [-0.15, -0.1) is 0 Å². The van der Waals surface area contributed by atoms with E-state index in [1.165, 1.54) is 17.4 Å². The van der Waals surface area contributed by atoms with Crippen molar-refractivity contribution in [3.8, 4) is 5.75 Å². The molecule has 0 aliphatic carbocycles. The van der Waals surface area contributed by atoms with Gasteiger partial charge in [0.2, 0.25) is 11.8 Å². The van der Waals surface area contributed by atoms with Crippen molar-refractivity contribution in [2.24, 2.45) is 0 Å². The lowest BCUT2D eigenvalue weighted by Crippen LogP contribution is -2.26. The maximum Gasteiger partial charge on any atom is 0.244 e. The fraction of sp³-hybridized carbons (Fsp3) is 0.150. The van der Waals surface area contributed by atoms with E-state index in [-0.39, 0.29) is 24.8 Å². The molecular weight excluding hydrogens is 362 g/mol. The maximum absolute atomic E-state index is 12.0. The molecule has 1 aromatic heterocycles. The lowest BCUT2D eigenvalue weighted by atomic mass is 10.2. The van der Waals surface area contributed by atoms with Crippen LogP contribution in [0.2, 0.25) is 0 Å². The Hall–Kier alpha value is -3.19. The molecule has 2 amide bonds. The number of carbonyl (C=O) groups excluding carboxylic acids is 2.